The normalized spacial score (nSPS) is 28.6. The van der Waals surface area contributed by atoms with Gasteiger partial charge in [-0.05, 0) is 31.4 Å². The second-order valence-electron chi connectivity index (χ2n) is 5.79. The van der Waals surface area contributed by atoms with E-state index in [1.165, 1.54) is 19.3 Å². The van der Waals surface area contributed by atoms with Gasteiger partial charge in [-0.15, -0.1) is 0 Å². The molecule has 2 rings (SSSR count). The van der Waals surface area contributed by atoms with Crippen LogP contribution in [-0.4, -0.2) is 46.8 Å². The van der Waals surface area contributed by atoms with Crippen LogP contribution in [0.25, 0.3) is 0 Å². The lowest BCUT2D eigenvalue weighted by atomic mass is 9.82. The van der Waals surface area contributed by atoms with E-state index in [4.69, 9.17) is 0 Å². The van der Waals surface area contributed by atoms with E-state index in [0.29, 0.717) is 12.5 Å². The maximum atomic E-state index is 12.7. The average Bonchev–Trinajstić information content (AvgIpc) is 2.47. The van der Waals surface area contributed by atoms with Crippen LogP contribution in [0.15, 0.2) is 0 Å². The van der Waals surface area contributed by atoms with E-state index in [1.807, 2.05) is 18.7 Å². The molecule has 20 heavy (non-hydrogen) atoms. The number of nitrogens with zero attached hydrogens (tertiary/aromatic N) is 1. The SMILES string of the molecule is CCSCCN1C(=O)C(C2CCCCC2)NC(=O)C1C. The van der Waals surface area contributed by atoms with E-state index < -0.39 is 0 Å². The molecule has 1 aliphatic carbocycles. The number of carbonyl (C=O) groups excluding carboxylic acids is 2. The number of piperazine rings is 1. The van der Waals surface area contributed by atoms with Crippen LogP contribution in [0.4, 0.5) is 0 Å². The van der Waals surface area contributed by atoms with Gasteiger partial charge in [-0.2, -0.15) is 11.8 Å². The molecule has 0 radical (unpaired) electrons. The van der Waals surface area contributed by atoms with Crippen LogP contribution >= 0.6 is 11.8 Å². The molecular formula is C15H26N2O2S. The van der Waals surface area contributed by atoms with E-state index in [9.17, 15) is 9.59 Å². The summed E-state index contributed by atoms with van der Waals surface area (Å²) in [5.74, 6) is 2.46. The van der Waals surface area contributed by atoms with Gasteiger partial charge in [-0.25, -0.2) is 0 Å². The van der Waals surface area contributed by atoms with Gasteiger partial charge in [0.2, 0.25) is 11.8 Å². The fraction of sp³-hybridized carbons (Fsp3) is 0.867. The van der Waals surface area contributed by atoms with Crippen LogP contribution in [0.5, 0.6) is 0 Å². The molecule has 4 nitrogen and oxygen atoms in total. The Morgan fingerprint density at radius 3 is 2.60 bits per heavy atom. The molecule has 0 bridgehead atoms. The highest BCUT2D eigenvalue weighted by Crippen LogP contribution is 2.29. The van der Waals surface area contributed by atoms with Crippen LogP contribution in [0.2, 0.25) is 0 Å². The number of amides is 2. The molecule has 1 N–H and O–H groups in total. The maximum absolute atomic E-state index is 12.7. The Morgan fingerprint density at radius 1 is 1.25 bits per heavy atom. The van der Waals surface area contributed by atoms with Crippen molar-refractivity contribution in [2.45, 2.75) is 58.0 Å². The van der Waals surface area contributed by atoms with Crippen LogP contribution in [0, 0.1) is 5.92 Å². The van der Waals surface area contributed by atoms with E-state index in [-0.39, 0.29) is 23.9 Å². The predicted molar refractivity (Wildman–Crippen MR) is 82.7 cm³/mol. The molecule has 2 atom stereocenters. The molecule has 1 aliphatic heterocycles. The van der Waals surface area contributed by atoms with Gasteiger partial charge >= 0.3 is 0 Å². The van der Waals surface area contributed by atoms with Gasteiger partial charge in [0.25, 0.3) is 0 Å². The Morgan fingerprint density at radius 2 is 1.95 bits per heavy atom. The number of hydrogen-bond donors (Lipinski definition) is 1. The van der Waals surface area contributed by atoms with E-state index in [0.717, 1.165) is 24.3 Å². The highest BCUT2D eigenvalue weighted by atomic mass is 32.2. The molecule has 2 fully saturated rings. The summed E-state index contributed by atoms with van der Waals surface area (Å²) in [7, 11) is 0. The molecule has 1 saturated heterocycles. The lowest BCUT2D eigenvalue weighted by Gasteiger charge is -2.41. The van der Waals surface area contributed by atoms with Gasteiger partial charge in [0, 0.05) is 12.3 Å². The highest BCUT2D eigenvalue weighted by molar-refractivity contribution is 7.99. The van der Waals surface area contributed by atoms with Crippen molar-refractivity contribution in [3.63, 3.8) is 0 Å². The summed E-state index contributed by atoms with van der Waals surface area (Å²) >= 11 is 1.82. The molecule has 0 spiro atoms. The van der Waals surface area contributed by atoms with Crippen LogP contribution in [0.1, 0.15) is 46.0 Å². The second kappa shape index (κ2) is 7.34. The predicted octanol–water partition coefficient (Wildman–Crippen LogP) is 2.04. The van der Waals surface area contributed by atoms with Crippen LogP contribution in [-0.2, 0) is 9.59 Å². The summed E-state index contributed by atoms with van der Waals surface area (Å²) in [5.41, 5.74) is 0. The monoisotopic (exact) mass is 298 g/mol. The molecule has 0 aromatic heterocycles. The number of rotatable bonds is 5. The maximum Gasteiger partial charge on any atom is 0.246 e. The van der Waals surface area contributed by atoms with Gasteiger partial charge in [0.05, 0.1) is 0 Å². The third-order valence-corrected chi connectivity index (χ3v) is 5.38. The van der Waals surface area contributed by atoms with Crippen molar-refractivity contribution in [3.8, 4) is 0 Å². The smallest absolute Gasteiger partial charge is 0.246 e. The number of nitrogens with one attached hydrogen (secondary N) is 1. The average molecular weight is 298 g/mol. The first-order valence-corrected chi connectivity index (χ1v) is 8.99. The lowest BCUT2D eigenvalue weighted by molar-refractivity contribution is -0.150. The fourth-order valence-electron chi connectivity index (χ4n) is 3.24. The lowest BCUT2D eigenvalue weighted by Crippen LogP contribution is -2.64. The van der Waals surface area contributed by atoms with Crippen LogP contribution < -0.4 is 5.32 Å². The first-order chi connectivity index (χ1) is 9.65. The molecule has 2 amide bonds. The molecular weight excluding hydrogens is 272 g/mol. The Bertz CT molecular complexity index is 356. The van der Waals surface area contributed by atoms with E-state index in [1.54, 1.807) is 4.90 Å². The van der Waals surface area contributed by atoms with E-state index >= 15 is 0 Å². The zero-order valence-electron chi connectivity index (χ0n) is 12.6. The van der Waals surface area contributed by atoms with Crippen molar-refractivity contribution in [1.29, 1.82) is 0 Å². The third kappa shape index (κ3) is 3.48. The molecule has 114 valence electrons. The van der Waals surface area contributed by atoms with Gasteiger partial charge in [-0.3, -0.25) is 9.59 Å². The van der Waals surface area contributed by atoms with Gasteiger partial charge < -0.3 is 10.2 Å². The van der Waals surface area contributed by atoms with Gasteiger partial charge in [-0.1, -0.05) is 26.2 Å². The van der Waals surface area contributed by atoms with Gasteiger partial charge in [0.15, 0.2) is 0 Å². The van der Waals surface area contributed by atoms with Crippen molar-refractivity contribution in [2.24, 2.45) is 5.92 Å². The summed E-state index contributed by atoms with van der Waals surface area (Å²) in [6, 6.07) is -0.592. The molecule has 2 aliphatic rings. The van der Waals surface area contributed by atoms with E-state index in [2.05, 4.69) is 12.2 Å². The Hall–Kier alpha value is -0.710. The van der Waals surface area contributed by atoms with Crippen molar-refractivity contribution in [2.75, 3.05) is 18.1 Å². The molecule has 5 heteroatoms. The molecule has 0 aromatic carbocycles. The van der Waals surface area contributed by atoms with Crippen LogP contribution in [0.3, 0.4) is 0 Å². The molecule has 2 unspecified atom stereocenters. The number of thioether (sulfide) groups is 1. The second-order valence-corrected chi connectivity index (χ2v) is 7.18. The van der Waals surface area contributed by atoms with Gasteiger partial charge in [0.1, 0.15) is 12.1 Å². The minimum atomic E-state index is -0.320. The zero-order valence-corrected chi connectivity index (χ0v) is 13.4. The van der Waals surface area contributed by atoms with Crippen molar-refractivity contribution < 1.29 is 9.59 Å². The molecule has 1 heterocycles. The first-order valence-electron chi connectivity index (χ1n) is 7.83. The summed E-state index contributed by atoms with van der Waals surface area (Å²) in [6.07, 6.45) is 5.78. The Kier molecular flexibility index (Phi) is 5.75. The van der Waals surface area contributed by atoms with Crippen molar-refractivity contribution >= 4 is 23.6 Å². The molecule has 1 saturated carbocycles. The highest BCUT2D eigenvalue weighted by Gasteiger charge is 2.41. The largest absolute Gasteiger partial charge is 0.342 e. The molecule has 0 aromatic rings. The zero-order chi connectivity index (χ0) is 14.5. The fourth-order valence-corrected chi connectivity index (χ4v) is 3.86. The number of hydrogen-bond acceptors (Lipinski definition) is 3. The first kappa shape index (κ1) is 15.7. The third-order valence-electron chi connectivity index (χ3n) is 4.50. The minimum Gasteiger partial charge on any atom is -0.342 e. The Balaban J connectivity index is 2.02. The summed E-state index contributed by atoms with van der Waals surface area (Å²) < 4.78 is 0. The quantitative estimate of drug-likeness (QED) is 0.790. The summed E-state index contributed by atoms with van der Waals surface area (Å²) in [6.45, 7) is 4.64. The summed E-state index contributed by atoms with van der Waals surface area (Å²) in [5, 5.41) is 2.97. The topological polar surface area (TPSA) is 49.4 Å². The Labute approximate surface area is 126 Å². The standard InChI is InChI=1S/C15H26N2O2S/c1-3-20-10-9-17-11(2)14(18)16-13(15(17)19)12-7-5-4-6-8-12/h11-13H,3-10H2,1-2H3,(H,16,18). The number of carbonyl (C=O) groups is 2. The minimum absolute atomic E-state index is 0.0154. The summed E-state index contributed by atoms with van der Waals surface area (Å²) in [4.78, 5) is 26.6. The van der Waals surface area contributed by atoms with Crippen molar-refractivity contribution in [1.82, 2.24) is 10.2 Å². The van der Waals surface area contributed by atoms with Crippen molar-refractivity contribution in [3.05, 3.63) is 0 Å².